The van der Waals surface area contributed by atoms with E-state index in [1.165, 1.54) is 29.1 Å². The summed E-state index contributed by atoms with van der Waals surface area (Å²) in [5.41, 5.74) is 1.12. The number of aromatic nitrogens is 2. The number of sulfone groups is 1. The van der Waals surface area contributed by atoms with Gasteiger partial charge in [-0.2, -0.15) is 0 Å². The number of rotatable bonds is 6. The highest BCUT2D eigenvalue weighted by atomic mass is 32.2. The summed E-state index contributed by atoms with van der Waals surface area (Å²) in [4.78, 5) is 30.6. The standard InChI is InChI=1S/C19H21N3O5S/c1-4-9-27-21-15-8-10-28(25,26)16-7-6-13(12(3)17(15)16)18(23)14-11-20-22(5-2)19(14)24/h4,6-7,11,20H,1,5,8-10H2,2-3H3. The average Bonchev–Trinajstić information content (AvgIpc) is 3.04. The number of ketones is 1. The summed E-state index contributed by atoms with van der Waals surface area (Å²) in [5.74, 6) is -0.551. The molecular weight excluding hydrogens is 382 g/mol. The second-order valence-electron chi connectivity index (χ2n) is 6.37. The summed E-state index contributed by atoms with van der Waals surface area (Å²) in [7, 11) is -3.48. The van der Waals surface area contributed by atoms with E-state index in [2.05, 4.69) is 16.8 Å². The molecule has 28 heavy (non-hydrogen) atoms. The molecule has 1 N–H and O–H groups in total. The summed E-state index contributed by atoms with van der Waals surface area (Å²) < 4.78 is 26.3. The third-order valence-electron chi connectivity index (χ3n) is 4.67. The first-order chi connectivity index (χ1) is 13.3. The van der Waals surface area contributed by atoms with Gasteiger partial charge in [-0.1, -0.05) is 17.8 Å². The zero-order chi connectivity index (χ0) is 20.5. The van der Waals surface area contributed by atoms with E-state index in [4.69, 9.17) is 4.84 Å². The van der Waals surface area contributed by atoms with Crippen LogP contribution in [0, 0.1) is 6.92 Å². The lowest BCUT2D eigenvalue weighted by atomic mass is 9.93. The number of aromatic amines is 1. The Morgan fingerprint density at radius 3 is 2.79 bits per heavy atom. The molecule has 1 aliphatic heterocycles. The predicted molar refractivity (Wildman–Crippen MR) is 105 cm³/mol. The van der Waals surface area contributed by atoms with E-state index >= 15 is 0 Å². The van der Waals surface area contributed by atoms with Crippen molar-refractivity contribution in [2.45, 2.75) is 31.7 Å². The molecule has 2 heterocycles. The molecule has 0 saturated heterocycles. The molecule has 2 aromatic rings. The minimum Gasteiger partial charge on any atom is -0.391 e. The van der Waals surface area contributed by atoms with Crippen LogP contribution in [-0.4, -0.2) is 42.1 Å². The first-order valence-corrected chi connectivity index (χ1v) is 10.5. The SMILES string of the molecule is C=CCON=C1CCS(=O)(=O)c2ccc(C(=O)c3c[nH]n(CC)c3=O)c(C)c21. The second kappa shape index (κ2) is 7.59. The van der Waals surface area contributed by atoms with Crippen LogP contribution in [0.4, 0.5) is 0 Å². The molecule has 0 unspecified atom stereocenters. The van der Waals surface area contributed by atoms with Crippen LogP contribution in [0.5, 0.6) is 0 Å². The van der Waals surface area contributed by atoms with E-state index in [0.717, 1.165) is 0 Å². The number of aryl methyl sites for hydroxylation is 1. The maximum absolute atomic E-state index is 13.0. The van der Waals surface area contributed by atoms with Crippen LogP contribution in [0.1, 0.15) is 40.4 Å². The molecule has 0 radical (unpaired) electrons. The maximum Gasteiger partial charge on any atom is 0.277 e. The molecule has 148 valence electrons. The summed E-state index contributed by atoms with van der Waals surface area (Å²) in [6, 6.07) is 2.85. The summed E-state index contributed by atoms with van der Waals surface area (Å²) in [5, 5.41) is 6.79. The Bertz CT molecular complexity index is 1140. The Hall–Kier alpha value is -2.94. The number of fused-ring (bicyclic) bond motifs is 1. The number of oxime groups is 1. The van der Waals surface area contributed by atoms with Crippen molar-refractivity contribution < 1.29 is 18.0 Å². The fourth-order valence-electron chi connectivity index (χ4n) is 3.23. The largest absolute Gasteiger partial charge is 0.391 e. The fourth-order valence-corrected chi connectivity index (χ4v) is 4.77. The quantitative estimate of drug-likeness (QED) is 0.342. The van der Waals surface area contributed by atoms with Crippen molar-refractivity contribution in [1.29, 1.82) is 0 Å². The monoisotopic (exact) mass is 403 g/mol. The molecule has 1 aromatic heterocycles. The van der Waals surface area contributed by atoms with Gasteiger partial charge >= 0.3 is 0 Å². The Morgan fingerprint density at radius 1 is 1.39 bits per heavy atom. The lowest BCUT2D eigenvalue weighted by molar-refractivity contribution is 0.103. The topological polar surface area (TPSA) is 111 Å². The number of carbonyl (C=O) groups is 1. The molecular formula is C19H21N3O5S. The van der Waals surface area contributed by atoms with Gasteiger partial charge in [0.25, 0.3) is 5.56 Å². The predicted octanol–water partition coefficient (Wildman–Crippen LogP) is 1.82. The molecule has 0 saturated carbocycles. The molecule has 8 nitrogen and oxygen atoms in total. The van der Waals surface area contributed by atoms with Crippen molar-refractivity contribution in [3.8, 4) is 0 Å². The summed E-state index contributed by atoms with van der Waals surface area (Å²) >= 11 is 0. The van der Waals surface area contributed by atoms with E-state index < -0.39 is 21.2 Å². The van der Waals surface area contributed by atoms with Crippen LogP contribution in [0.25, 0.3) is 0 Å². The van der Waals surface area contributed by atoms with Gasteiger partial charge in [0.15, 0.2) is 15.6 Å². The molecule has 0 bridgehead atoms. The van der Waals surface area contributed by atoms with Crippen molar-refractivity contribution in [1.82, 2.24) is 9.78 Å². The first-order valence-electron chi connectivity index (χ1n) is 8.81. The molecule has 1 aromatic carbocycles. The van der Waals surface area contributed by atoms with Crippen molar-refractivity contribution in [3.05, 3.63) is 63.6 Å². The van der Waals surface area contributed by atoms with Gasteiger partial charge < -0.3 is 9.94 Å². The smallest absolute Gasteiger partial charge is 0.277 e. The number of nitrogens with zero attached hydrogens (tertiary/aromatic N) is 2. The molecule has 1 aliphatic rings. The van der Waals surface area contributed by atoms with Gasteiger partial charge in [-0.3, -0.25) is 14.3 Å². The van der Waals surface area contributed by atoms with Crippen molar-refractivity contribution in [3.63, 3.8) is 0 Å². The van der Waals surface area contributed by atoms with E-state index in [1.807, 2.05) is 0 Å². The number of H-pyrrole nitrogens is 1. The first kappa shape index (κ1) is 19.8. The molecule has 0 spiro atoms. The third-order valence-corrected chi connectivity index (χ3v) is 6.42. The highest BCUT2D eigenvalue weighted by Gasteiger charge is 2.32. The van der Waals surface area contributed by atoms with Gasteiger partial charge in [0.1, 0.15) is 12.2 Å². The number of benzene rings is 1. The van der Waals surface area contributed by atoms with Gasteiger partial charge in [0, 0.05) is 30.3 Å². The number of carbonyl (C=O) groups excluding carboxylic acids is 1. The van der Waals surface area contributed by atoms with Crippen molar-refractivity contribution >= 4 is 21.3 Å². The molecule has 0 atom stereocenters. The fraction of sp³-hybridized carbons (Fsp3) is 0.316. The van der Waals surface area contributed by atoms with Crippen LogP contribution in [-0.2, 0) is 21.2 Å². The van der Waals surface area contributed by atoms with Crippen molar-refractivity contribution in [2.24, 2.45) is 5.16 Å². The van der Waals surface area contributed by atoms with Gasteiger partial charge in [-0.15, -0.1) is 0 Å². The van der Waals surface area contributed by atoms with Gasteiger partial charge in [0.2, 0.25) is 0 Å². The summed E-state index contributed by atoms with van der Waals surface area (Å²) in [6.45, 7) is 7.58. The van der Waals surface area contributed by atoms with Crippen LogP contribution in [0.2, 0.25) is 0 Å². The van der Waals surface area contributed by atoms with Crippen LogP contribution in [0.15, 0.2) is 45.8 Å². The van der Waals surface area contributed by atoms with Crippen LogP contribution >= 0.6 is 0 Å². The maximum atomic E-state index is 13.0. The summed E-state index contributed by atoms with van der Waals surface area (Å²) in [6.07, 6.45) is 3.08. The minimum atomic E-state index is -3.48. The highest BCUT2D eigenvalue weighted by Crippen LogP contribution is 2.31. The van der Waals surface area contributed by atoms with Crippen LogP contribution in [0.3, 0.4) is 0 Å². The van der Waals surface area contributed by atoms with Crippen molar-refractivity contribution in [2.75, 3.05) is 12.4 Å². The average molecular weight is 403 g/mol. The lowest BCUT2D eigenvalue weighted by Crippen LogP contribution is -2.26. The van der Waals surface area contributed by atoms with E-state index in [1.54, 1.807) is 13.8 Å². The van der Waals surface area contributed by atoms with E-state index in [0.29, 0.717) is 23.4 Å². The Morgan fingerprint density at radius 2 is 2.14 bits per heavy atom. The normalized spacial score (nSPS) is 16.6. The second-order valence-corrected chi connectivity index (χ2v) is 8.45. The number of hydrogen-bond acceptors (Lipinski definition) is 6. The lowest BCUT2D eigenvalue weighted by Gasteiger charge is -2.21. The van der Waals surface area contributed by atoms with Gasteiger partial charge in [0.05, 0.1) is 16.4 Å². The Kier molecular flexibility index (Phi) is 5.37. The third kappa shape index (κ3) is 3.33. The van der Waals surface area contributed by atoms with E-state index in [-0.39, 0.29) is 34.8 Å². The zero-order valence-corrected chi connectivity index (χ0v) is 16.5. The Balaban J connectivity index is 2.16. The van der Waals surface area contributed by atoms with Gasteiger partial charge in [-0.05, 0) is 31.5 Å². The van der Waals surface area contributed by atoms with Gasteiger partial charge in [-0.25, -0.2) is 8.42 Å². The molecule has 9 heteroatoms. The Labute approximate surface area is 162 Å². The minimum absolute atomic E-state index is 0.00460. The molecule has 3 rings (SSSR count). The molecule has 0 fully saturated rings. The number of hydrogen-bond donors (Lipinski definition) is 1. The molecule has 0 aliphatic carbocycles. The van der Waals surface area contributed by atoms with E-state index in [9.17, 15) is 18.0 Å². The number of nitrogens with one attached hydrogen (secondary N) is 1. The highest BCUT2D eigenvalue weighted by molar-refractivity contribution is 7.91. The zero-order valence-electron chi connectivity index (χ0n) is 15.7. The van der Waals surface area contributed by atoms with Crippen LogP contribution < -0.4 is 5.56 Å². The molecule has 0 amide bonds.